The van der Waals surface area contributed by atoms with Crippen LogP contribution in [0.1, 0.15) is 20.3 Å². The predicted molar refractivity (Wildman–Crippen MR) is 104 cm³/mol. The maximum atomic E-state index is 12.3. The Kier molecular flexibility index (Phi) is 4.30. The molecule has 1 saturated carbocycles. The van der Waals surface area contributed by atoms with E-state index in [1.165, 1.54) is 0 Å². The van der Waals surface area contributed by atoms with E-state index in [9.17, 15) is 9.59 Å². The molecule has 3 N–H and O–H groups in total. The van der Waals surface area contributed by atoms with Crippen LogP contribution in [0.15, 0.2) is 24.4 Å². The van der Waals surface area contributed by atoms with Crippen molar-refractivity contribution in [2.45, 2.75) is 26.3 Å². The summed E-state index contributed by atoms with van der Waals surface area (Å²) in [5.74, 6) is -0.0724. The van der Waals surface area contributed by atoms with Crippen molar-refractivity contribution in [3.63, 3.8) is 0 Å². The van der Waals surface area contributed by atoms with Gasteiger partial charge in [0.05, 0.1) is 29.6 Å². The SMILES string of the molecule is CC(C)[C@@H]1COC(=O)N1c1cc(N)c2cnc(NC(=O)C3CC3C#N)cc2c1. The monoisotopic (exact) mass is 379 g/mol. The molecular weight excluding hydrogens is 358 g/mol. The minimum absolute atomic E-state index is 0.0665. The zero-order chi connectivity index (χ0) is 20.0. The van der Waals surface area contributed by atoms with Gasteiger partial charge in [0.25, 0.3) is 0 Å². The van der Waals surface area contributed by atoms with Gasteiger partial charge in [-0.1, -0.05) is 13.8 Å². The van der Waals surface area contributed by atoms with E-state index >= 15 is 0 Å². The van der Waals surface area contributed by atoms with Gasteiger partial charge >= 0.3 is 6.09 Å². The quantitative estimate of drug-likeness (QED) is 0.788. The molecule has 2 heterocycles. The lowest BCUT2D eigenvalue weighted by Crippen LogP contribution is -2.37. The van der Waals surface area contributed by atoms with Gasteiger partial charge in [-0.25, -0.2) is 9.78 Å². The van der Waals surface area contributed by atoms with Crippen LogP contribution in [0.25, 0.3) is 10.8 Å². The molecule has 2 amide bonds. The van der Waals surface area contributed by atoms with Crippen LogP contribution in [0.4, 0.5) is 22.0 Å². The highest BCUT2D eigenvalue weighted by Crippen LogP contribution is 2.39. The zero-order valence-corrected chi connectivity index (χ0v) is 15.7. The maximum absolute atomic E-state index is 12.3. The van der Waals surface area contributed by atoms with E-state index in [0.29, 0.717) is 30.2 Å². The van der Waals surface area contributed by atoms with Crippen molar-refractivity contribution in [2.24, 2.45) is 17.8 Å². The molecule has 1 aliphatic carbocycles. The number of rotatable bonds is 4. The van der Waals surface area contributed by atoms with Gasteiger partial charge in [-0.3, -0.25) is 9.69 Å². The number of ether oxygens (including phenoxy) is 1. The first-order valence-electron chi connectivity index (χ1n) is 9.24. The standard InChI is InChI=1S/C20H21N5O3/c1-10(2)17-9-28-20(27)25(17)13-3-11-5-18(23-8-15(11)16(22)6-13)24-19(26)14-4-12(14)7-21/h3,5-6,8,10,12,14,17H,4,9,22H2,1-2H3,(H,23,24,26)/t12?,14?,17-/m0/s1. The third-order valence-corrected chi connectivity index (χ3v) is 5.35. The molecule has 2 aliphatic rings. The molecule has 0 radical (unpaired) electrons. The fourth-order valence-electron chi connectivity index (χ4n) is 3.55. The molecule has 8 nitrogen and oxygen atoms in total. The number of nitrogens with one attached hydrogen (secondary N) is 1. The topological polar surface area (TPSA) is 121 Å². The minimum atomic E-state index is -0.392. The van der Waals surface area contributed by atoms with Crippen molar-refractivity contribution in [1.29, 1.82) is 5.26 Å². The molecule has 1 aliphatic heterocycles. The molecule has 4 rings (SSSR count). The molecule has 0 spiro atoms. The molecule has 8 heteroatoms. The van der Waals surface area contributed by atoms with Crippen LogP contribution in [0.3, 0.4) is 0 Å². The van der Waals surface area contributed by atoms with E-state index in [-0.39, 0.29) is 29.7 Å². The highest BCUT2D eigenvalue weighted by atomic mass is 16.6. The average Bonchev–Trinajstić information content (AvgIpc) is 3.35. The molecule has 2 fully saturated rings. The van der Waals surface area contributed by atoms with Crippen molar-refractivity contribution in [3.8, 4) is 6.07 Å². The highest BCUT2D eigenvalue weighted by molar-refractivity contribution is 6.02. The highest BCUT2D eigenvalue weighted by Gasteiger charge is 2.43. The third-order valence-electron chi connectivity index (χ3n) is 5.35. The Morgan fingerprint density at radius 2 is 2.21 bits per heavy atom. The van der Waals surface area contributed by atoms with E-state index in [4.69, 9.17) is 15.7 Å². The maximum Gasteiger partial charge on any atom is 0.414 e. The lowest BCUT2D eigenvalue weighted by Gasteiger charge is -2.25. The summed E-state index contributed by atoms with van der Waals surface area (Å²) in [6.07, 6.45) is 1.79. The number of nitrogens with two attached hydrogens (primary N) is 1. The van der Waals surface area contributed by atoms with Crippen LogP contribution in [0, 0.1) is 29.1 Å². The normalized spacial score (nSPS) is 23.6. The summed E-state index contributed by atoms with van der Waals surface area (Å²) >= 11 is 0. The Hall–Kier alpha value is -3.34. The van der Waals surface area contributed by atoms with Gasteiger partial charge in [0.15, 0.2) is 0 Å². The van der Waals surface area contributed by atoms with Gasteiger partial charge in [0.1, 0.15) is 12.4 Å². The van der Waals surface area contributed by atoms with Crippen molar-refractivity contribution in [2.75, 3.05) is 22.6 Å². The van der Waals surface area contributed by atoms with Gasteiger partial charge in [0, 0.05) is 17.3 Å². The molecule has 1 aromatic carbocycles. The second kappa shape index (κ2) is 6.68. The van der Waals surface area contributed by atoms with Crippen molar-refractivity contribution in [1.82, 2.24) is 4.98 Å². The second-order valence-electron chi connectivity index (χ2n) is 7.65. The number of carbonyl (C=O) groups is 2. The number of aromatic nitrogens is 1. The number of nitrogens with zero attached hydrogens (tertiary/aromatic N) is 3. The largest absolute Gasteiger partial charge is 0.447 e. The van der Waals surface area contributed by atoms with E-state index in [1.807, 2.05) is 19.9 Å². The van der Waals surface area contributed by atoms with Crippen LogP contribution < -0.4 is 16.0 Å². The fourth-order valence-corrected chi connectivity index (χ4v) is 3.55. The zero-order valence-electron chi connectivity index (χ0n) is 15.7. The summed E-state index contributed by atoms with van der Waals surface area (Å²) in [5.41, 5.74) is 7.34. The number of pyridine rings is 1. The Morgan fingerprint density at radius 3 is 2.89 bits per heavy atom. The molecule has 3 atom stereocenters. The number of nitriles is 1. The summed E-state index contributed by atoms with van der Waals surface area (Å²) in [4.78, 5) is 30.3. The fraction of sp³-hybridized carbons (Fsp3) is 0.400. The second-order valence-corrected chi connectivity index (χ2v) is 7.65. The van der Waals surface area contributed by atoms with Crippen LogP contribution >= 0.6 is 0 Å². The number of benzene rings is 1. The van der Waals surface area contributed by atoms with Crippen molar-refractivity contribution >= 4 is 40.0 Å². The number of anilines is 3. The molecule has 2 unspecified atom stereocenters. The number of hydrogen-bond donors (Lipinski definition) is 2. The first-order chi connectivity index (χ1) is 13.4. The predicted octanol–water partition coefficient (Wildman–Crippen LogP) is 2.90. The van der Waals surface area contributed by atoms with Crippen LogP contribution in [-0.2, 0) is 9.53 Å². The Balaban J connectivity index is 1.66. The van der Waals surface area contributed by atoms with E-state index in [1.54, 1.807) is 23.2 Å². The summed E-state index contributed by atoms with van der Waals surface area (Å²) in [5, 5.41) is 13.1. The number of fused-ring (bicyclic) bond motifs is 1. The van der Waals surface area contributed by atoms with Gasteiger partial charge in [-0.2, -0.15) is 5.26 Å². The Morgan fingerprint density at radius 1 is 1.43 bits per heavy atom. The number of cyclic esters (lactones) is 1. The first-order valence-corrected chi connectivity index (χ1v) is 9.24. The van der Waals surface area contributed by atoms with Gasteiger partial charge < -0.3 is 15.8 Å². The summed E-state index contributed by atoms with van der Waals surface area (Å²) in [6, 6.07) is 7.35. The number of carbonyl (C=O) groups excluding carboxylic acids is 2. The van der Waals surface area contributed by atoms with E-state index in [2.05, 4.69) is 16.4 Å². The van der Waals surface area contributed by atoms with Gasteiger partial charge in [-0.15, -0.1) is 0 Å². The number of hydrogen-bond acceptors (Lipinski definition) is 6. The third kappa shape index (κ3) is 3.09. The van der Waals surface area contributed by atoms with Gasteiger partial charge in [-0.05, 0) is 35.9 Å². The number of nitrogen functional groups attached to an aromatic ring is 1. The molecule has 144 valence electrons. The summed E-state index contributed by atoms with van der Waals surface area (Å²) in [6.45, 7) is 4.41. The Bertz CT molecular complexity index is 1010. The number of amides is 2. The molecule has 0 bridgehead atoms. The first kappa shape index (κ1) is 18.0. The van der Waals surface area contributed by atoms with Crippen LogP contribution in [0.5, 0.6) is 0 Å². The van der Waals surface area contributed by atoms with Crippen molar-refractivity contribution in [3.05, 3.63) is 24.4 Å². The molecule has 1 aromatic heterocycles. The molecule has 1 saturated heterocycles. The average molecular weight is 379 g/mol. The lowest BCUT2D eigenvalue weighted by molar-refractivity contribution is -0.117. The van der Waals surface area contributed by atoms with Crippen LogP contribution in [0.2, 0.25) is 0 Å². The lowest BCUT2D eigenvalue weighted by atomic mass is 10.0. The molecular formula is C20H21N5O3. The summed E-state index contributed by atoms with van der Waals surface area (Å²) < 4.78 is 5.23. The van der Waals surface area contributed by atoms with E-state index < -0.39 is 6.09 Å². The molecule has 2 aromatic rings. The van der Waals surface area contributed by atoms with E-state index in [0.717, 1.165) is 10.8 Å². The van der Waals surface area contributed by atoms with Gasteiger partial charge in [0.2, 0.25) is 5.91 Å². The smallest absolute Gasteiger partial charge is 0.414 e. The van der Waals surface area contributed by atoms with Crippen LogP contribution in [-0.4, -0.2) is 29.6 Å². The van der Waals surface area contributed by atoms with Crippen molar-refractivity contribution < 1.29 is 14.3 Å². The molecule has 28 heavy (non-hydrogen) atoms. The summed E-state index contributed by atoms with van der Waals surface area (Å²) in [7, 11) is 0. The Labute approximate surface area is 162 Å². The minimum Gasteiger partial charge on any atom is -0.447 e.